The van der Waals surface area contributed by atoms with E-state index in [4.69, 9.17) is 4.74 Å². The Kier molecular flexibility index (Phi) is 9.14. The summed E-state index contributed by atoms with van der Waals surface area (Å²) in [5, 5.41) is 9.02. The predicted octanol–water partition coefficient (Wildman–Crippen LogP) is 2.67. The first-order valence-corrected chi connectivity index (χ1v) is 12.8. The molecule has 1 amide bonds. The topological polar surface area (TPSA) is 138 Å². The number of aryl methyl sites for hydroxylation is 2. The van der Waals surface area contributed by atoms with E-state index in [2.05, 4.69) is 30.9 Å². The third-order valence-electron chi connectivity index (χ3n) is 5.34. The fourth-order valence-corrected chi connectivity index (χ4v) is 5.10. The monoisotopic (exact) mass is 513 g/mol. The minimum atomic E-state index is -3.77. The minimum absolute atomic E-state index is 0.0179. The average Bonchev–Trinajstić information content (AvgIpc) is 2.86. The maximum absolute atomic E-state index is 13.1. The molecule has 0 aliphatic rings. The van der Waals surface area contributed by atoms with Crippen LogP contribution in [0.2, 0.25) is 0 Å². The van der Waals surface area contributed by atoms with E-state index < -0.39 is 10.0 Å². The summed E-state index contributed by atoms with van der Waals surface area (Å²) in [6.07, 6.45) is 6.39. The highest BCUT2D eigenvalue weighted by atomic mass is 32.2. The van der Waals surface area contributed by atoms with Gasteiger partial charge in [-0.3, -0.25) is 9.78 Å². The molecule has 0 saturated heterocycles. The van der Waals surface area contributed by atoms with Gasteiger partial charge < -0.3 is 20.7 Å². The molecule has 0 aliphatic heterocycles. The summed E-state index contributed by atoms with van der Waals surface area (Å²) < 4.78 is 32.6. The lowest BCUT2D eigenvalue weighted by Crippen LogP contribution is -2.31. The van der Waals surface area contributed by atoms with Crippen molar-refractivity contribution in [1.29, 1.82) is 0 Å². The van der Waals surface area contributed by atoms with Crippen molar-refractivity contribution in [1.82, 2.24) is 19.3 Å². The van der Waals surface area contributed by atoms with Crippen LogP contribution in [-0.2, 0) is 14.8 Å². The van der Waals surface area contributed by atoms with Crippen molar-refractivity contribution in [3.63, 3.8) is 0 Å². The Labute approximate surface area is 211 Å². The van der Waals surface area contributed by atoms with Crippen LogP contribution in [0.15, 0.2) is 53.9 Å². The molecule has 0 atom stereocenters. The standard InChI is InChI=1S/C24H31N7O4S/c1-17-13-21(35-4)14-18(2)23(17)36(33,34)31(3)12-7-22(32)30-20-15-28-24(29-16-20)27-11-10-26-19-5-8-25-9-6-19/h5-6,8-9,13-16H,7,10-12H2,1-4H3,(H,25,26)(H,30,32)(H,27,28,29). The van der Waals surface area contributed by atoms with E-state index in [0.29, 0.717) is 41.6 Å². The Balaban J connectivity index is 1.47. The summed E-state index contributed by atoms with van der Waals surface area (Å²) in [7, 11) is -0.782. The molecule has 0 bridgehead atoms. The average molecular weight is 514 g/mol. The Morgan fingerprint density at radius 3 is 2.22 bits per heavy atom. The van der Waals surface area contributed by atoms with E-state index in [1.165, 1.54) is 30.9 Å². The lowest BCUT2D eigenvalue weighted by Gasteiger charge is -2.20. The Morgan fingerprint density at radius 1 is 1.00 bits per heavy atom. The number of carbonyl (C=O) groups is 1. The van der Waals surface area contributed by atoms with Crippen molar-refractivity contribution >= 4 is 33.3 Å². The maximum atomic E-state index is 13.1. The van der Waals surface area contributed by atoms with E-state index in [0.717, 1.165) is 5.69 Å². The van der Waals surface area contributed by atoms with Crippen LogP contribution in [0, 0.1) is 13.8 Å². The van der Waals surface area contributed by atoms with Gasteiger partial charge in [-0.05, 0) is 49.2 Å². The van der Waals surface area contributed by atoms with Gasteiger partial charge in [-0.15, -0.1) is 0 Å². The van der Waals surface area contributed by atoms with E-state index in [1.54, 1.807) is 38.4 Å². The first kappa shape index (κ1) is 26.8. The van der Waals surface area contributed by atoms with Crippen LogP contribution >= 0.6 is 0 Å². The van der Waals surface area contributed by atoms with Gasteiger partial charge in [-0.25, -0.2) is 22.7 Å². The molecule has 0 spiro atoms. The molecule has 3 N–H and O–H groups in total. The smallest absolute Gasteiger partial charge is 0.243 e. The van der Waals surface area contributed by atoms with E-state index in [-0.39, 0.29) is 23.8 Å². The number of pyridine rings is 1. The molecule has 1 aromatic carbocycles. The molecule has 0 unspecified atom stereocenters. The first-order chi connectivity index (χ1) is 17.2. The molecule has 0 radical (unpaired) electrons. The minimum Gasteiger partial charge on any atom is -0.497 e. The Hall–Kier alpha value is -3.77. The third kappa shape index (κ3) is 7.12. The number of aromatic nitrogens is 3. The van der Waals surface area contributed by atoms with Crippen molar-refractivity contribution < 1.29 is 17.9 Å². The van der Waals surface area contributed by atoms with Crippen molar-refractivity contribution in [2.24, 2.45) is 0 Å². The van der Waals surface area contributed by atoms with Crippen LogP contribution < -0.4 is 20.7 Å². The molecule has 3 rings (SSSR count). The third-order valence-corrected chi connectivity index (χ3v) is 7.51. The Morgan fingerprint density at radius 2 is 1.61 bits per heavy atom. The summed E-state index contributed by atoms with van der Waals surface area (Å²) in [5.74, 6) is 0.683. The quantitative estimate of drug-likeness (QED) is 0.312. The highest BCUT2D eigenvalue weighted by Crippen LogP contribution is 2.27. The zero-order chi connectivity index (χ0) is 26.1. The van der Waals surface area contributed by atoms with E-state index >= 15 is 0 Å². The molecule has 11 nitrogen and oxygen atoms in total. The van der Waals surface area contributed by atoms with Gasteiger partial charge in [0.15, 0.2) is 0 Å². The van der Waals surface area contributed by atoms with Gasteiger partial charge in [-0.2, -0.15) is 0 Å². The second-order valence-electron chi connectivity index (χ2n) is 8.10. The van der Waals surface area contributed by atoms with Gasteiger partial charge in [-0.1, -0.05) is 0 Å². The van der Waals surface area contributed by atoms with Gasteiger partial charge in [0.1, 0.15) is 5.75 Å². The van der Waals surface area contributed by atoms with Crippen LogP contribution in [0.25, 0.3) is 0 Å². The number of methoxy groups -OCH3 is 1. The summed E-state index contributed by atoms with van der Waals surface area (Å²) >= 11 is 0. The zero-order valence-electron chi connectivity index (χ0n) is 20.8. The largest absolute Gasteiger partial charge is 0.497 e. The van der Waals surface area contributed by atoms with Gasteiger partial charge in [0.25, 0.3) is 0 Å². The molecule has 192 valence electrons. The maximum Gasteiger partial charge on any atom is 0.243 e. The molecule has 3 aromatic rings. The number of rotatable bonds is 12. The van der Waals surface area contributed by atoms with Crippen LogP contribution in [0.3, 0.4) is 0 Å². The molecule has 0 aliphatic carbocycles. The molecular weight excluding hydrogens is 482 g/mol. The molecule has 12 heteroatoms. The zero-order valence-corrected chi connectivity index (χ0v) is 21.6. The van der Waals surface area contributed by atoms with Crippen molar-refractivity contribution in [2.75, 3.05) is 49.7 Å². The predicted molar refractivity (Wildman–Crippen MR) is 139 cm³/mol. The number of hydrogen-bond donors (Lipinski definition) is 3. The van der Waals surface area contributed by atoms with Gasteiger partial charge in [0, 0.05) is 51.2 Å². The summed E-state index contributed by atoms with van der Waals surface area (Å²) in [6.45, 7) is 4.72. The van der Waals surface area contributed by atoms with Crippen molar-refractivity contribution in [3.8, 4) is 5.75 Å². The fourth-order valence-electron chi connectivity index (χ4n) is 3.53. The normalized spacial score (nSPS) is 11.2. The van der Waals surface area contributed by atoms with Crippen molar-refractivity contribution in [2.45, 2.75) is 25.2 Å². The van der Waals surface area contributed by atoms with Crippen LogP contribution in [-0.4, -0.2) is 67.4 Å². The number of ether oxygens (including phenoxy) is 1. The van der Waals surface area contributed by atoms with Crippen LogP contribution in [0.5, 0.6) is 5.75 Å². The molecule has 36 heavy (non-hydrogen) atoms. The molecular formula is C24H31N7O4S. The second-order valence-corrected chi connectivity index (χ2v) is 10.1. The van der Waals surface area contributed by atoms with Crippen LogP contribution in [0.4, 0.5) is 17.3 Å². The van der Waals surface area contributed by atoms with E-state index in [1.807, 2.05) is 12.1 Å². The molecule has 2 heterocycles. The number of nitrogens with one attached hydrogen (secondary N) is 3. The summed E-state index contributed by atoms with van der Waals surface area (Å²) in [5.41, 5.74) is 2.57. The number of nitrogens with zero attached hydrogens (tertiary/aromatic N) is 4. The number of hydrogen-bond acceptors (Lipinski definition) is 9. The summed E-state index contributed by atoms with van der Waals surface area (Å²) in [6, 6.07) is 7.11. The lowest BCUT2D eigenvalue weighted by molar-refractivity contribution is -0.116. The Bertz CT molecular complexity index is 1250. The highest BCUT2D eigenvalue weighted by Gasteiger charge is 2.25. The van der Waals surface area contributed by atoms with Crippen molar-refractivity contribution in [3.05, 3.63) is 60.2 Å². The first-order valence-electron chi connectivity index (χ1n) is 11.3. The number of amides is 1. The highest BCUT2D eigenvalue weighted by molar-refractivity contribution is 7.89. The van der Waals surface area contributed by atoms with Gasteiger partial charge in [0.2, 0.25) is 21.9 Å². The second kappa shape index (κ2) is 12.3. The molecule has 0 saturated carbocycles. The number of carbonyl (C=O) groups excluding carboxylic acids is 1. The van der Waals surface area contributed by atoms with Gasteiger partial charge in [0.05, 0.1) is 30.1 Å². The number of benzene rings is 1. The fraction of sp³-hybridized carbons (Fsp3) is 0.333. The van der Waals surface area contributed by atoms with E-state index in [9.17, 15) is 13.2 Å². The van der Waals surface area contributed by atoms with Gasteiger partial charge >= 0.3 is 0 Å². The SMILES string of the molecule is COc1cc(C)c(S(=O)(=O)N(C)CCC(=O)Nc2cnc(NCCNc3ccncc3)nc2)c(C)c1. The number of anilines is 3. The molecule has 2 aromatic heterocycles. The number of sulfonamides is 1. The summed E-state index contributed by atoms with van der Waals surface area (Å²) in [4.78, 5) is 25.0. The lowest BCUT2D eigenvalue weighted by atomic mass is 10.1. The van der Waals surface area contributed by atoms with Crippen LogP contribution in [0.1, 0.15) is 17.5 Å². The molecule has 0 fully saturated rings.